The Bertz CT molecular complexity index is 1210. The summed E-state index contributed by atoms with van der Waals surface area (Å²) in [5.41, 5.74) is 3.89. The van der Waals surface area contributed by atoms with Crippen LogP contribution in [0.4, 0.5) is 11.5 Å². The number of fused-ring (bicyclic) bond motifs is 1. The van der Waals surface area contributed by atoms with Crippen molar-refractivity contribution in [2.75, 3.05) is 16.9 Å². The van der Waals surface area contributed by atoms with Crippen LogP contribution < -0.4 is 10.6 Å². The van der Waals surface area contributed by atoms with Gasteiger partial charge in [-0.2, -0.15) is 5.10 Å². The van der Waals surface area contributed by atoms with Gasteiger partial charge in [-0.25, -0.2) is 14.6 Å². The number of amides is 1. The van der Waals surface area contributed by atoms with Crippen LogP contribution in [-0.4, -0.2) is 31.9 Å². The Labute approximate surface area is 178 Å². The van der Waals surface area contributed by atoms with Crippen molar-refractivity contribution in [2.45, 2.75) is 17.9 Å². The van der Waals surface area contributed by atoms with Crippen molar-refractivity contribution in [3.05, 3.63) is 72.1 Å². The zero-order valence-electron chi connectivity index (χ0n) is 17.0. The summed E-state index contributed by atoms with van der Waals surface area (Å²) < 4.78 is 1.69. The molecule has 0 aliphatic rings. The van der Waals surface area contributed by atoms with Crippen molar-refractivity contribution in [3.63, 3.8) is 0 Å². The molecular weight excluding hydrogens is 396 g/mol. The van der Waals surface area contributed by atoms with Gasteiger partial charge in [-0.05, 0) is 49.1 Å². The van der Waals surface area contributed by atoms with Crippen LogP contribution in [-0.2, 0) is 7.05 Å². The van der Waals surface area contributed by atoms with Crippen molar-refractivity contribution in [1.29, 1.82) is 0 Å². The van der Waals surface area contributed by atoms with E-state index in [0.29, 0.717) is 11.4 Å². The highest BCUT2D eigenvalue weighted by molar-refractivity contribution is 7.98. The van der Waals surface area contributed by atoms with Gasteiger partial charge in [0.15, 0.2) is 5.65 Å². The Kier molecular flexibility index (Phi) is 5.67. The van der Waals surface area contributed by atoms with E-state index in [9.17, 15) is 4.79 Å². The van der Waals surface area contributed by atoms with E-state index in [-0.39, 0.29) is 11.9 Å². The second-order valence-corrected chi connectivity index (χ2v) is 7.79. The maximum absolute atomic E-state index is 12.6. The Balaban J connectivity index is 1.48. The molecule has 4 rings (SSSR count). The van der Waals surface area contributed by atoms with E-state index in [2.05, 4.69) is 25.7 Å². The van der Waals surface area contributed by atoms with Crippen LogP contribution >= 0.6 is 11.8 Å². The van der Waals surface area contributed by atoms with Crippen LogP contribution in [0.1, 0.15) is 28.9 Å². The van der Waals surface area contributed by atoms with Crippen molar-refractivity contribution >= 4 is 40.3 Å². The quantitative estimate of drug-likeness (QED) is 0.448. The lowest BCUT2D eigenvalue weighted by Gasteiger charge is -2.16. The molecule has 0 aliphatic carbocycles. The third-order valence-corrected chi connectivity index (χ3v) is 5.51. The molecule has 1 amide bonds. The van der Waals surface area contributed by atoms with Gasteiger partial charge in [0.25, 0.3) is 5.91 Å². The van der Waals surface area contributed by atoms with Crippen molar-refractivity contribution in [1.82, 2.24) is 19.7 Å². The number of aryl methyl sites for hydroxylation is 1. The molecule has 8 heteroatoms. The first-order chi connectivity index (χ1) is 14.5. The van der Waals surface area contributed by atoms with Crippen molar-refractivity contribution < 1.29 is 4.79 Å². The fraction of sp³-hybridized carbons (Fsp3) is 0.182. The summed E-state index contributed by atoms with van der Waals surface area (Å²) in [6.45, 7) is 2.04. The Morgan fingerprint density at radius 2 is 1.97 bits per heavy atom. The van der Waals surface area contributed by atoms with Gasteiger partial charge in [0.2, 0.25) is 0 Å². The molecule has 2 aromatic carbocycles. The molecule has 4 aromatic rings. The predicted molar refractivity (Wildman–Crippen MR) is 121 cm³/mol. The standard InChI is InChI=1S/C22H22N6OS/c1-14(25-20-13-23-19-12-24-28(2)21(19)27-20)15-6-4-8-17(10-15)26-22(29)16-7-5-9-18(11-16)30-3/h4-14H,1-3H3,(H,25,27)(H,26,29)/t14-/m0/s1. The molecule has 0 unspecified atom stereocenters. The number of thioether (sulfide) groups is 1. The van der Waals surface area contributed by atoms with Crippen molar-refractivity contribution in [3.8, 4) is 0 Å². The fourth-order valence-corrected chi connectivity index (χ4v) is 3.60. The molecule has 1 atom stereocenters. The number of carbonyl (C=O) groups excluding carboxylic acids is 1. The summed E-state index contributed by atoms with van der Waals surface area (Å²) in [5.74, 6) is 0.540. The van der Waals surface area contributed by atoms with Gasteiger partial charge in [-0.15, -0.1) is 11.8 Å². The molecule has 152 valence electrons. The molecule has 30 heavy (non-hydrogen) atoms. The lowest BCUT2D eigenvalue weighted by atomic mass is 10.1. The van der Waals surface area contributed by atoms with E-state index in [1.54, 1.807) is 28.8 Å². The molecule has 0 spiro atoms. The Morgan fingerprint density at radius 3 is 2.80 bits per heavy atom. The first kappa shape index (κ1) is 19.9. The normalized spacial score (nSPS) is 12.0. The van der Waals surface area contributed by atoms with Gasteiger partial charge < -0.3 is 10.6 Å². The first-order valence-corrected chi connectivity index (χ1v) is 10.7. The zero-order valence-corrected chi connectivity index (χ0v) is 17.8. The predicted octanol–water partition coefficient (Wildman–Crippen LogP) is 4.51. The zero-order chi connectivity index (χ0) is 21.1. The Hall–Kier alpha value is -3.39. The molecule has 7 nitrogen and oxygen atoms in total. The molecule has 0 saturated carbocycles. The van der Waals surface area contributed by atoms with Gasteiger partial charge in [0, 0.05) is 23.2 Å². The second kappa shape index (κ2) is 8.54. The van der Waals surface area contributed by atoms with E-state index in [1.807, 2.05) is 68.8 Å². The van der Waals surface area contributed by atoms with E-state index >= 15 is 0 Å². The lowest BCUT2D eigenvalue weighted by Crippen LogP contribution is -2.13. The molecule has 0 aliphatic heterocycles. The van der Waals surface area contributed by atoms with Crippen LogP contribution in [0.5, 0.6) is 0 Å². The number of aromatic nitrogens is 4. The maximum Gasteiger partial charge on any atom is 0.255 e. The van der Waals surface area contributed by atoms with E-state index in [1.165, 1.54) is 0 Å². The monoisotopic (exact) mass is 418 g/mol. The van der Waals surface area contributed by atoms with Gasteiger partial charge in [-0.1, -0.05) is 18.2 Å². The summed E-state index contributed by atoms with van der Waals surface area (Å²) in [7, 11) is 1.84. The number of hydrogen-bond acceptors (Lipinski definition) is 6. The van der Waals surface area contributed by atoms with E-state index in [4.69, 9.17) is 0 Å². The van der Waals surface area contributed by atoms with Crippen LogP contribution in [0, 0.1) is 0 Å². The molecule has 0 bridgehead atoms. The van der Waals surface area contributed by atoms with Crippen molar-refractivity contribution in [2.24, 2.45) is 7.05 Å². The molecule has 0 fully saturated rings. The van der Waals surface area contributed by atoms with Gasteiger partial charge in [0.1, 0.15) is 11.3 Å². The largest absolute Gasteiger partial charge is 0.362 e. The highest BCUT2D eigenvalue weighted by Crippen LogP contribution is 2.23. The minimum Gasteiger partial charge on any atom is -0.362 e. The third-order valence-electron chi connectivity index (χ3n) is 4.78. The number of carbonyl (C=O) groups is 1. The number of hydrogen-bond donors (Lipinski definition) is 2. The minimum absolute atomic E-state index is 0.0263. The lowest BCUT2D eigenvalue weighted by molar-refractivity contribution is 0.102. The van der Waals surface area contributed by atoms with Gasteiger partial charge >= 0.3 is 0 Å². The number of nitrogens with zero attached hydrogens (tertiary/aromatic N) is 4. The second-order valence-electron chi connectivity index (χ2n) is 6.91. The summed E-state index contributed by atoms with van der Waals surface area (Å²) in [5, 5.41) is 10.5. The average molecular weight is 419 g/mol. The average Bonchev–Trinajstić information content (AvgIpc) is 3.14. The number of nitrogens with one attached hydrogen (secondary N) is 2. The number of rotatable bonds is 6. The smallest absolute Gasteiger partial charge is 0.255 e. The summed E-state index contributed by atoms with van der Waals surface area (Å²) in [6, 6.07) is 15.3. The van der Waals surface area contributed by atoms with Gasteiger partial charge in [-0.3, -0.25) is 4.79 Å². The summed E-state index contributed by atoms with van der Waals surface area (Å²) >= 11 is 1.61. The molecule has 2 heterocycles. The summed E-state index contributed by atoms with van der Waals surface area (Å²) in [6.07, 6.45) is 5.38. The number of benzene rings is 2. The van der Waals surface area contributed by atoms with Crippen LogP contribution in [0.25, 0.3) is 11.2 Å². The highest BCUT2D eigenvalue weighted by atomic mass is 32.2. The van der Waals surface area contributed by atoms with E-state index in [0.717, 1.165) is 27.3 Å². The summed E-state index contributed by atoms with van der Waals surface area (Å²) in [4.78, 5) is 22.6. The molecular formula is C22H22N6OS. The molecule has 0 radical (unpaired) electrons. The van der Waals surface area contributed by atoms with Gasteiger partial charge in [0.05, 0.1) is 18.4 Å². The fourth-order valence-electron chi connectivity index (χ4n) is 3.14. The minimum atomic E-state index is -0.129. The molecule has 0 saturated heterocycles. The first-order valence-electron chi connectivity index (χ1n) is 9.50. The Morgan fingerprint density at radius 1 is 1.13 bits per heavy atom. The molecule has 2 N–H and O–H groups in total. The highest BCUT2D eigenvalue weighted by Gasteiger charge is 2.11. The van der Waals surface area contributed by atoms with E-state index < -0.39 is 0 Å². The van der Waals surface area contributed by atoms with Crippen LogP contribution in [0.2, 0.25) is 0 Å². The molecule has 2 aromatic heterocycles. The van der Waals surface area contributed by atoms with Crippen LogP contribution in [0.3, 0.4) is 0 Å². The SMILES string of the molecule is CSc1cccc(C(=O)Nc2cccc([C@H](C)Nc3cnc4cnn(C)c4n3)c2)c1. The topological polar surface area (TPSA) is 84.7 Å². The third kappa shape index (κ3) is 4.28. The maximum atomic E-state index is 12.6. The number of anilines is 2. The van der Waals surface area contributed by atoms with Crippen LogP contribution in [0.15, 0.2) is 65.8 Å².